The lowest BCUT2D eigenvalue weighted by Gasteiger charge is -2.33. The van der Waals surface area contributed by atoms with Crippen molar-refractivity contribution in [2.75, 3.05) is 27.4 Å². The Kier molecular flexibility index (Phi) is 6.41. The highest BCUT2D eigenvalue weighted by molar-refractivity contribution is 8.15. The van der Waals surface area contributed by atoms with Crippen molar-refractivity contribution in [1.29, 1.82) is 0 Å². The Morgan fingerprint density at radius 2 is 1.93 bits per heavy atom. The Labute approximate surface area is 168 Å². The van der Waals surface area contributed by atoms with Crippen LogP contribution in [0.2, 0.25) is 0 Å². The van der Waals surface area contributed by atoms with Crippen molar-refractivity contribution in [1.82, 2.24) is 4.90 Å². The average Bonchev–Trinajstić information content (AvgIpc) is 3.02. The van der Waals surface area contributed by atoms with Gasteiger partial charge in [0.1, 0.15) is 12.4 Å². The zero-order valence-corrected chi connectivity index (χ0v) is 17.2. The Morgan fingerprint density at radius 1 is 1.21 bits per heavy atom. The van der Waals surface area contributed by atoms with Crippen LogP contribution in [0.15, 0.2) is 40.5 Å². The number of amides is 1. The first-order chi connectivity index (χ1) is 13.5. The first kappa shape index (κ1) is 20.4. The number of aliphatic imine (C=N–C) groups is 1. The van der Waals surface area contributed by atoms with Crippen molar-refractivity contribution in [3.63, 3.8) is 0 Å². The summed E-state index contributed by atoms with van der Waals surface area (Å²) >= 11 is 1.44. The number of thioether (sulfide) groups is 1. The van der Waals surface area contributed by atoms with Crippen LogP contribution in [-0.4, -0.2) is 54.6 Å². The van der Waals surface area contributed by atoms with Crippen molar-refractivity contribution >= 4 is 28.8 Å². The number of methoxy groups -OCH3 is 2. The van der Waals surface area contributed by atoms with Gasteiger partial charge in [-0.2, -0.15) is 0 Å². The molecule has 0 unspecified atom stereocenters. The molecule has 2 aliphatic heterocycles. The molecule has 2 atom stereocenters. The zero-order chi connectivity index (χ0) is 20.3. The van der Waals surface area contributed by atoms with Gasteiger partial charge in [0.2, 0.25) is 5.91 Å². The predicted molar refractivity (Wildman–Crippen MR) is 107 cm³/mol. The number of hydrogen-bond acceptors (Lipinski definition) is 7. The number of esters is 1. The number of rotatable bonds is 7. The molecule has 0 radical (unpaired) electrons. The average molecular weight is 404 g/mol. The third-order valence-electron chi connectivity index (χ3n) is 4.69. The fourth-order valence-corrected chi connectivity index (χ4v) is 4.38. The van der Waals surface area contributed by atoms with Crippen molar-refractivity contribution in [3.8, 4) is 5.75 Å². The lowest BCUT2D eigenvalue weighted by atomic mass is 9.94. The molecule has 0 spiro atoms. The molecule has 150 valence electrons. The second kappa shape index (κ2) is 8.79. The maximum Gasteiger partial charge on any atom is 0.338 e. The van der Waals surface area contributed by atoms with Gasteiger partial charge in [-0.25, -0.2) is 9.79 Å². The minimum Gasteiger partial charge on any atom is -0.497 e. The molecule has 1 fully saturated rings. The summed E-state index contributed by atoms with van der Waals surface area (Å²) < 4.78 is 15.6. The quantitative estimate of drug-likeness (QED) is 0.514. The molecule has 0 aliphatic carbocycles. The van der Waals surface area contributed by atoms with Crippen LogP contribution in [0, 0.1) is 0 Å². The number of amidine groups is 1. The predicted octanol–water partition coefficient (Wildman–Crippen LogP) is 2.92. The summed E-state index contributed by atoms with van der Waals surface area (Å²) in [6.07, 6.45) is 0.695. The van der Waals surface area contributed by atoms with E-state index in [0.29, 0.717) is 35.2 Å². The van der Waals surface area contributed by atoms with E-state index in [1.54, 1.807) is 26.0 Å². The van der Waals surface area contributed by atoms with Gasteiger partial charge in [0.05, 0.1) is 36.3 Å². The number of nitrogens with zero attached hydrogens (tertiary/aromatic N) is 2. The molecule has 1 saturated heterocycles. The summed E-state index contributed by atoms with van der Waals surface area (Å²) in [5.41, 5.74) is 1.74. The van der Waals surface area contributed by atoms with Gasteiger partial charge in [0.15, 0.2) is 5.17 Å². The summed E-state index contributed by atoms with van der Waals surface area (Å²) in [4.78, 5) is 32.0. The van der Waals surface area contributed by atoms with Gasteiger partial charge in [-0.05, 0) is 31.0 Å². The molecule has 0 aromatic heterocycles. The van der Waals surface area contributed by atoms with Gasteiger partial charge < -0.3 is 14.2 Å². The van der Waals surface area contributed by atoms with Crippen molar-refractivity contribution < 1.29 is 23.8 Å². The maximum absolute atomic E-state index is 13.0. The monoisotopic (exact) mass is 404 g/mol. The number of carbonyl (C=O) groups excluding carboxylic acids is 2. The van der Waals surface area contributed by atoms with Gasteiger partial charge in [-0.1, -0.05) is 30.8 Å². The van der Waals surface area contributed by atoms with E-state index in [1.807, 2.05) is 31.2 Å². The van der Waals surface area contributed by atoms with E-state index in [9.17, 15) is 9.59 Å². The Balaban J connectivity index is 2.03. The van der Waals surface area contributed by atoms with Crippen molar-refractivity contribution in [2.24, 2.45) is 4.99 Å². The van der Waals surface area contributed by atoms with Crippen LogP contribution in [-0.2, 0) is 19.1 Å². The molecule has 1 aromatic carbocycles. The van der Waals surface area contributed by atoms with Gasteiger partial charge in [0, 0.05) is 7.11 Å². The summed E-state index contributed by atoms with van der Waals surface area (Å²) in [6, 6.07) is 6.77. The van der Waals surface area contributed by atoms with Crippen LogP contribution in [0.3, 0.4) is 0 Å². The molecule has 1 amide bonds. The summed E-state index contributed by atoms with van der Waals surface area (Å²) in [7, 11) is 3.14. The molecule has 8 heteroatoms. The van der Waals surface area contributed by atoms with Crippen LogP contribution in [0.1, 0.15) is 31.9 Å². The fraction of sp³-hybridized carbons (Fsp3) is 0.450. The van der Waals surface area contributed by atoms with E-state index in [1.165, 1.54) is 11.8 Å². The smallest absolute Gasteiger partial charge is 0.338 e. The SMILES string of the molecule is CC[C@@H]1SC2=NC(C)=C(C(=O)OCCOC)[C@@H](c3ccc(OC)cc3)N2C1=O. The topological polar surface area (TPSA) is 77.4 Å². The van der Waals surface area contributed by atoms with Crippen LogP contribution in [0.5, 0.6) is 5.75 Å². The molecule has 2 heterocycles. The highest BCUT2D eigenvalue weighted by atomic mass is 32.2. The fourth-order valence-electron chi connectivity index (χ4n) is 3.25. The van der Waals surface area contributed by atoms with Crippen LogP contribution < -0.4 is 4.74 Å². The highest BCUT2D eigenvalue weighted by Crippen LogP contribution is 2.44. The second-order valence-corrected chi connectivity index (χ2v) is 7.59. The highest BCUT2D eigenvalue weighted by Gasteiger charge is 2.47. The van der Waals surface area contributed by atoms with Crippen molar-refractivity contribution in [2.45, 2.75) is 31.6 Å². The summed E-state index contributed by atoms with van der Waals surface area (Å²) in [6.45, 7) is 4.18. The van der Waals surface area contributed by atoms with Gasteiger partial charge >= 0.3 is 5.97 Å². The van der Waals surface area contributed by atoms with Gasteiger partial charge in [-0.3, -0.25) is 9.69 Å². The number of hydrogen-bond donors (Lipinski definition) is 0. The first-order valence-corrected chi connectivity index (χ1v) is 9.99. The lowest BCUT2D eigenvalue weighted by Crippen LogP contribution is -2.40. The van der Waals surface area contributed by atoms with E-state index in [-0.39, 0.29) is 17.8 Å². The summed E-state index contributed by atoms with van der Waals surface area (Å²) in [5, 5.41) is 0.430. The first-order valence-electron chi connectivity index (χ1n) is 9.11. The number of carbonyl (C=O) groups is 2. The van der Waals surface area contributed by atoms with E-state index in [2.05, 4.69) is 4.99 Å². The molecule has 7 nitrogen and oxygen atoms in total. The Bertz CT molecular complexity index is 818. The molecule has 0 saturated carbocycles. The van der Waals surface area contributed by atoms with Gasteiger partial charge in [-0.15, -0.1) is 0 Å². The van der Waals surface area contributed by atoms with Crippen LogP contribution in [0.25, 0.3) is 0 Å². The normalized spacial score (nSPS) is 21.5. The largest absolute Gasteiger partial charge is 0.497 e. The van der Waals surface area contributed by atoms with E-state index in [0.717, 1.165) is 5.56 Å². The van der Waals surface area contributed by atoms with E-state index >= 15 is 0 Å². The van der Waals surface area contributed by atoms with Gasteiger partial charge in [0.25, 0.3) is 0 Å². The van der Waals surface area contributed by atoms with E-state index < -0.39 is 12.0 Å². The third-order valence-corrected chi connectivity index (χ3v) is 6.01. The lowest BCUT2D eigenvalue weighted by molar-refractivity contribution is -0.141. The molecule has 0 N–H and O–H groups in total. The molecule has 2 aliphatic rings. The molecule has 0 bridgehead atoms. The Morgan fingerprint density at radius 3 is 2.54 bits per heavy atom. The van der Waals surface area contributed by atoms with Crippen LogP contribution in [0.4, 0.5) is 0 Å². The van der Waals surface area contributed by atoms with Crippen molar-refractivity contribution in [3.05, 3.63) is 41.1 Å². The number of fused-ring (bicyclic) bond motifs is 1. The molecule has 3 rings (SSSR count). The Hall–Kier alpha value is -2.32. The number of benzene rings is 1. The second-order valence-electron chi connectivity index (χ2n) is 6.42. The number of allylic oxidation sites excluding steroid dienone is 1. The maximum atomic E-state index is 13.0. The zero-order valence-electron chi connectivity index (χ0n) is 16.4. The molecule has 28 heavy (non-hydrogen) atoms. The summed E-state index contributed by atoms with van der Waals surface area (Å²) in [5.74, 6) is 0.171. The molecular weight excluding hydrogens is 380 g/mol. The minimum absolute atomic E-state index is 0.0400. The van der Waals surface area contributed by atoms with Crippen LogP contribution >= 0.6 is 11.8 Å². The molecule has 1 aromatic rings. The van der Waals surface area contributed by atoms with E-state index in [4.69, 9.17) is 14.2 Å². The number of ether oxygens (including phenoxy) is 3. The molecular formula is C20H24N2O5S. The third kappa shape index (κ3) is 3.79. The minimum atomic E-state index is -0.579. The standard InChI is InChI=1S/C20H24N2O5S/c1-5-15-18(23)22-17(13-6-8-14(26-4)9-7-13)16(12(2)21-20(22)28-15)19(24)27-11-10-25-3/h6-9,15,17H,5,10-11H2,1-4H3/t15-,17+/m0/s1.